The zero-order chi connectivity index (χ0) is 13.9. The number of nitrogens with one attached hydrogen (secondary N) is 2. The van der Waals surface area contributed by atoms with Gasteiger partial charge in [0.2, 0.25) is 5.92 Å². The summed E-state index contributed by atoms with van der Waals surface area (Å²) in [5, 5.41) is 5.46. The smallest absolute Gasteiger partial charge is 0.319 e. The van der Waals surface area contributed by atoms with Crippen LogP contribution in [0.25, 0.3) is 0 Å². The highest BCUT2D eigenvalue weighted by Gasteiger charge is 2.39. The summed E-state index contributed by atoms with van der Waals surface area (Å²) in [6, 6.07) is 8.51. The first-order valence-electron chi connectivity index (χ1n) is 6.47. The van der Waals surface area contributed by atoms with E-state index < -0.39 is 5.92 Å². The van der Waals surface area contributed by atoms with Crippen molar-refractivity contribution >= 4 is 11.7 Å². The van der Waals surface area contributed by atoms with Crippen LogP contribution < -0.4 is 10.6 Å². The van der Waals surface area contributed by atoms with Gasteiger partial charge in [-0.05, 0) is 24.5 Å². The maximum Gasteiger partial charge on any atom is 0.319 e. The van der Waals surface area contributed by atoms with Gasteiger partial charge >= 0.3 is 6.03 Å². The van der Waals surface area contributed by atoms with E-state index >= 15 is 0 Å². The van der Waals surface area contributed by atoms with Gasteiger partial charge in [0.1, 0.15) is 0 Å². The van der Waals surface area contributed by atoms with E-state index in [0.717, 1.165) is 0 Å². The van der Waals surface area contributed by atoms with Crippen molar-refractivity contribution in [3.05, 3.63) is 30.3 Å². The Balaban J connectivity index is 1.86. The van der Waals surface area contributed by atoms with Gasteiger partial charge in [0.25, 0.3) is 0 Å². The molecule has 0 aliphatic heterocycles. The Hall–Kier alpha value is -1.65. The molecule has 1 aliphatic carbocycles. The minimum atomic E-state index is -2.59. The minimum Gasteiger partial charge on any atom is -0.335 e. The van der Waals surface area contributed by atoms with E-state index in [1.807, 2.05) is 18.2 Å². The number of carbonyl (C=O) groups excluding carboxylic acids is 1. The van der Waals surface area contributed by atoms with Crippen molar-refractivity contribution in [1.29, 1.82) is 0 Å². The van der Waals surface area contributed by atoms with Crippen LogP contribution in [0.5, 0.6) is 0 Å². The monoisotopic (exact) mass is 268 g/mol. The van der Waals surface area contributed by atoms with Crippen LogP contribution in [0, 0.1) is 5.92 Å². The predicted molar refractivity (Wildman–Crippen MR) is 70.3 cm³/mol. The summed E-state index contributed by atoms with van der Waals surface area (Å²) in [5.74, 6) is -2.81. The maximum absolute atomic E-state index is 13.2. The molecule has 1 fully saturated rings. The normalized spacial score (nSPS) is 25.6. The summed E-state index contributed by atoms with van der Waals surface area (Å²) in [6.07, 6.45) is -0.00666. The molecule has 1 aromatic rings. The number of amides is 2. The third kappa shape index (κ3) is 3.91. The number of para-hydroxylation sites is 1. The van der Waals surface area contributed by atoms with Crippen LogP contribution in [0.4, 0.5) is 19.3 Å². The van der Waals surface area contributed by atoms with Gasteiger partial charge in [0.05, 0.1) is 0 Å². The van der Waals surface area contributed by atoms with Gasteiger partial charge in [-0.25, -0.2) is 13.6 Å². The van der Waals surface area contributed by atoms with Gasteiger partial charge in [-0.3, -0.25) is 0 Å². The van der Waals surface area contributed by atoms with Crippen molar-refractivity contribution in [1.82, 2.24) is 5.32 Å². The largest absolute Gasteiger partial charge is 0.335 e. The van der Waals surface area contributed by atoms with E-state index in [0.29, 0.717) is 12.1 Å². The van der Waals surface area contributed by atoms with Gasteiger partial charge in [-0.2, -0.15) is 0 Å². The molecule has 19 heavy (non-hydrogen) atoms. The molecule has 2 N–H and O–H groups in total. The molecule has 104 valence electrons. The van der Waals surface area contributed by atoms with Crippen molar-refractivity contribution in [2.75, 3.05) is 5.32 Å². The van der Waals surface area contributed by atoms with Crippen LogP contribution in [0.2, 0.25) is 0 Å². The van der Waals surface area contributed by atoms with E-state index in [2.05, 4.69) is 10.6 Å². The van der Waals surface area contributed by atoms with Gasteiger partial charge in [-0.15, -0.1) is 0 Å². The molecule has 2 atom stereocenters. The molecular weight excluding hydrogens is 250 g/mol. The van der Waals surface area contributed by atoms with Crippen molar-refractivity contribution in [2.24, 2.45) is 5.92 Å². The lowest BCUT2D eigenvalue weighted by Gasteiger charge is -2.34. The predicted octanol–water partition coefficient (Wildman–Crippen LogP) is 3.63. The van der Waals surface area contributed by atoms with Gasteiger partial charge in [0.15, 0.2) is 0 Å². The number of benzene rings is 1. The fraction of sp³-hybridized carbons (Fsp3) is 0.500. The summed E-state index contributed by atoms with van der Waals surface area (Å²) in [7, 11) is 0. The Labute approximate surface area is 111 Å². The van der Waals surface area contributed by atoms with Crippen molar-refractivity contribution in [2.45, 2.75) is 38.2 Å². The van der Waals surface area contributed by atoms with Crippen molar-refractivity contribution in [3.8, 4) is 0 Å². The number of alkyl halides is 2. The van der Waals surface area contributed by atoms with E-state index in [1.165, 1.54) is 0 Å². The number of rotatable bonds is 2. The zero-order valence-electron chi connectivity index (χ0n) is 10.8. The van der Waals surface area contributed by atoms with Gasteiger partial charge in [-0.1, -0.05) is 25.1 Å². The molecule has 2 amide bonds. The first-order chi connectivity index (χ1) is 8.96. The lowest BCUT2D eigenvalue weighted by molar-refractivity contribution is -0.0570. The van der Waals surface area contributed by atoms with E-state index in [1.54, 1.807) is 19.1 Å². The Kier molecular flexibility index (Phi) is 4.02. The lowest BCUT2D eigenvalue weighted by Crippen LogP contribution is -2.46. The average molecular weight is 268 g/mol. The molecular formula is C14H18F2N2O. The summed E-state index contributed by atoms with van der Waals surface area (Å²) >= 11 is 0. The minimum absolute atomic E-state index is 0.159. The van der Waals surface area contributed by atoms with E-state index in [4.69, 9.17) is 0 Å². The second-order valence-electron chi connectivity index (χ2n) is 5.15. The molecule has 5 heteroatoms. The second-order valence-corrected chi connectivity index (χ2v) is 5.15. The Morgan fingerprint density at radius 1 is 1.32 bits per heavy atom. The highest BCUT2D eigenvalue weighted by molar-refractivity contribution is 5.89. The standard InChI is InChI=1S/C14H18F2N2O/c1-10-9-14(15,16)8-7-12(10)18-13(19)17-11-5-3-2-4-6-11/h2-6,10,12H,7-9H2,1H3,(H2,17,18,19)/t10-,12+/m0/s1. The van der Waals surface area contributed by atoms with Gasteiger partial charge in [0, 0.05) is 24.6 Å². The number of anilines is 1. The number of hydrogen-bond acceptors (Lipinski definition) is 1. The quantitative estimate of drug-likeness (QED) is 0.845. The third-order valence-corrected chi connectivity index (χ3v) is 3.48. The molecule has 0 bridgehead atoms. The van der Waals surface area contributed by atoms with Crippen molar-refractivity contribution in [3.63, 3.8) is 0 Å². The number of halogens is 2. The average Bonchev–Trinajstić information content (AvgIpc) is 2.33. The Morgan fingerprint density at radius 3 is 2.63 bits per heavy atom. The molecule has 0 unspecified atom stereocenters. The molecule has 1 saturated carbocycles. The fourth-order valence-electron chi connectivity index (χ4n) is 2.44. The first kappa shape index (κ1) is 13.8. The number of hydrogen-bond donors (Lipinski definition) is 2. The number of urea groups is 1. The molecule has 3 nitrogen and oxygen atoms in total. The summed E-state index contributed by atoms with van der Waals surface area (Å²) in [6.45, 7) is 1.75. The molecule has 1 aromatic carbocycles. The summed E-state index contributed by atoms with van der Waals surface area (Å²) in [5.41, 5.74) is 0.689. The SMILES string of the molecule is C[C@H]1CC(F)(F)CC[C@H]1NC(=O)Nc1ccccc1. The van der Waals surface area contributed by atoms with Crippen molar-refractivity contribution < 1.29 is 13.6 Å². The van der Waals surface area contributed by atoms with Crippen LogP contribution in [-0.4, -0.2) is 18.0 Å². The highest BCUT2D eigenvalue weighted by atomic mass is 19.3. The maximum atomic E-state index is 13.2. The number of carbonyl (C=O) groups is 1. The molecule has 1 aliphatic rings. The molecule has 0 radical (unpaired) electrons. The molecule has 0 heterocycles. The molecule has 2 rings (SSSR count). The van der Waals surface area contributed by atoms with Crippen LogP contribution in [-0.2, 0) is 0 Å². The third-order valence-electron chi connectivity index (χ3n) is 3.48. The second kappa shape index (κ2) is 5.55. The van der Waals surface area contributed by atoms with Gasteiger partial charge < -0.3 is 10.6 Å². The van der Waals surface area contributed by atoms with Crippen LogP contribution in [0.15, 0.2) is 30.3 Å². The molecule has 0 spiro atoms. The fourth-order valence-corrected chi connectivity index (χ4v) is 2.44. The lowest BCUT2D eigenvalue weighted by atomic mass is 9.83. The topological polar surface area (TPSA) is 41.1 Å². The Morgan fingerprint density at radius 2 is 2.00 bits per heavy atom. The van der Waals surface area contributed by atoms with Crippen LogP contribution in [0.1, 0.15) is 26.2 Å². The Bertz CT molecular complexity index is 436. The van der Waals surface area contributed by atoms with E-state index in [9.17, 15) is 13.6 Å². The first-order valence-corrected chi connectivity index (χ1v) is 6.47. The molecule has 0 saturated heterocycles. The highest BCUT2D eigenvalue weighted by Crippen LogP contribution is 2.36. The van der Waals surface area contributed by atoms with E-state index in [-0.39, 0.29) is 30.8 Å². The molecule has 0 aromatic heterocycles. The van der Waals surface area contributed by atoms with Crippen LogP contribution in [0.3, 0.4) is 0 Å². The summed E-state index contributed by atoms with van der Waals surface area (Å²) in [4.78, 5) is 11.8. The zero-order valence-corrected chi connectivity index (χ0v) is 10.8. The summed E-state index contributed by atoms with van der Waals surface area (Å²) < 4.78 is 26.4. The van der Waals surface area contributed by atoms with Crippen LogP contribution >= 0.6 is 0 Å².